The van der Waals surface area contributed by atoms with Crippen LogP contribution in [-0.2, 0) is 7.05 Å². The van der Waals surface area contributed by atoms with Crippen molar-refractivity contribution in [3.05, 3.63) is 34.1 Å². The third kappa shape index (κ3) is 2.85. The average Bonchev–Trinajstić information content (AvgIpc) is 2.68. The van der Waals surface area contributed by atoms with Gasteiger partial charge in [0.1, 0.15) is 5.82 Å². The van der Waals surface area contributed by atoms with Gasteiger partial charge < -0.3 is 10.6 Å². The summed E-state index contributed by atoms with van der Waals surface area (Å²) in [5, 5.41) is 21.2. The number of hydrogen-bond acceptors (Lipinski definition) is 6. The van der Waals surface area contributed by atoms with Gasteiger partial charge in [0, 0.05) is 25.9 Å². The van der Waals surface area contributed by atoms with Gasteiger partial charge in [-0.25, -0.2) is 4.98 Å². The van der Waals surface area contributed by atoms with Crippen LogP contribution in [0.15, 0.2) is 18.3 Å². The number of hydrogen-bond donors (Lipinski definition) is 2. The Balaban J connectivity index is 2.39. The van der Waals surface area contributed by atoms with E-state index < -0.39 is 4.92 Å². The molecule has 0 aliphatic carbocycles. The number of nitro groups is 1. The molecule has 2 rings (SSSR count). The lowest BCUT2D eigenvalue weighted by atomic mass is 10.3. The lowest BCUT2D eigenvalue weighted by Gasteiger charge is -2.08. The van der Waals surface area contributed by atoms with E-state index in [9.17, 15) is 10.1 Å². The predicted molar refractivity (Wildman–Crippen MR) is 76.3 cm³/mol. The third-order valence-corrected chi connectivity index (χ3v) is 2.70. The molecule has 0 atom stereocenters. The molecule has 0 aliphatic heterocycles. The Morgan fingerprint density at radius 1 is 1.45 bits per heavy atom. The summed E-state index contributed by atoms with van der Waals surface area (Å²) in [7, 11) is 1.79. The van der Waals surface area contributed by atoms with Gasteiger partial charge in [-0.15, -0.1) is 0 Å². The Bertz CT molecular complexity index is 637. The van der Waals surface area contributed by atoms with Crippen LogP contribution in [0.25, 0.3) is 0 Å². The Kier molecular flexibility index (Phi) is 3.83. The number of aromatic nitrogens is 3. The molecule has 106 valence electrons. The van der Waals surface area contributed by atoms with E-state index >= 15 is 0 Å². The highest BCUT2D eigenvalue weighted by Gasteiger charge is 2.17. The average molecular weight is 276 g/mol. The van der Waals surface area contributed by atoms with Gasteiger partial charge in [-0.05, 0) is 19.9 Å². The predicted octanol–water partition coefficient (Wildman–Crippen LogP) is 2.21. The van der Waals surface area contributed by atoms with Crippen LogP contribution in [0.5, 0.6) is 0 Å². The molecule has 2 heterocycles. The summed E-state index contributed by atoms with van der Waals surface area (Å²) < 4.78 is 1.64. The standard InChI is InChI=1S/C12H16N6O2/c1-4-13-11-6-5-10(18(19)20)12(15-11)14-9-7-17(3)16-8(9)2/h5-7H,4H2,1-3H3,(H2,13,14,15). The molecular weight excluding hydrogens is 260 g/mol. The lowest BCUT2D eigenvalue weighted by Crippen LogP contribution is -2.04. The van der Waals surface area contributed by atoms with Crippen LogP contribution in [-0.4, -0.2) is 26.2 Å². The van der Waals surface area contributed by atoms with E-state index in [1.54, 1.807) is 24.0 Å². The van der Waals surface area contributed by atoms with E-state index in [0.29, 0.717) is 18.1 Å². The van der Waals surface area contributed by atoms with Crippen LogP contribution >= 0.6 is 0 Å². The summed E-state index contributed by atoms with van der Waals surface area (Å²) in [6.07, 6.45) is 1.75. The number of nitrogens with one attached hydrogen (secondary N) is 2. The van der Waals surface area contributed by atoms with Crippen molar-refractivity contribution in [3.8, 4) is 0 Å². The van der Waals surface area contributed by atoms with E-state index in [0.717, 1.165) is 5.69 Å². The molecule has 0 amide bonds. The van der Waals surface area contributed by atoms with E-state index in [2.05, 4.69) is 20.7 Å². The highest BCUT2D eigenvalue weighted by molar-refractivity contribution is 5.68. The van der Waals surface area contributed by atoms with Gasteiger partial charge in [0.05, 0.1) is 16.3 Å². The number of rotatable bonds is 5. The van der Waals surface area contributed by atoms with Crippen LogP contribution in [0.1, 0.15) is 12.6 Å². The molecule has 0 saturated carbocycles. The zero-order valence-corrected chi connectivity index (χ0v) is 11.5. The molecule has 0 saturated heterocycles. The molecule has 0 aromatic carbocycles. The quantitative estimate of drug-likeness (QED) is 0.641. The summed E-state index contributed by atoms with van der Waals surface area (Å²) in [6, 6.07) is 3.02. The molecule has 2 N–H and O–H groups in total. The van der Waals surface area contributed by atoms with Gasteiger partial charge in [0.15, 0.2) is 0 Å². The molecule has 0 aliphatic rings. The number of pyridine rings is 1. The first-order valence-corrected chi connectivity index (χ1v) is 6.18. The summed E-state index contributed by atoms with van der Waals surface area (Å²) in [6.45, 7) is 4.44. The highest BCUT2D eigenvalue weighted by Crippen LogP contribution is 2.28. The Labute approximate surface area is 116 Å². The largest absolute Gasteiger partial charge is 0.370 e. The molecule has 2 aromatic rings. The number of anilines is 3. The first-order valence-electron chi connectivity index (χ1n) is 6.18. The molecule has 8 heteroatoms. The molecular formula is C12H16N6O2. The summed E-state index contributed by atoms with van der Waals surface area (Å²) in [4.78, 5) is 14.8. The maximum Gasteiger partial charge on any atom is 0.311 e. The normalized spacial score (nSPS) is 10.3. The second kappa shape index (κ2) is 5.55. The second-order valence-electron chi connectivity index (χ2n) is 4.28. The van der Waals surface area contributed by atoms with Gasteiger partial charge in [-0.2, -0.15) is 5.10 Å². The summed E-state index contributed by atoms with van der Waals surface area (Å²) >= 11 is 0. The molecule has 0 unspecified atom stereocenters. The molecule has 0 fully saturated rings. The second-order valence-corrected chi connectivity index (χ2v) is 4.28. The minimum absolute atomic E-state index is 0.0742. The summed E-state index contributed by atoms with van der Waals surface area (Å²) in [5.74, 6) is 0.784. The molecule has 2 aromatic heterocycles. The van der Waals surface area contributed by atoms with Crippen molar-refractivity contribution in [1.82, 2.24) is 14.8 Å². The van der Waals surface area contributed by atoms with Crippen LogP contribution in [0.3, 0.4) is 0 Å². The van der Waals surface area contributed by atoms with Crippen molar-refractivity contribution in [1.29, 1.82) is 0 Å². The maximum absolute atomic E-state index is 11.1. The van der Waals surface area contributed by atoms with E-state index in [-0.39, 0.29) is 11.5 Å². The van der Waals surface area contributed by atoms with Gasteiger partial charge in [0.25, 0.3) is 0 Å². The van der Waals surface area contributed by atoms with Crippen LogP contribution in [0.2, 0.25) is 0 Å². The molecule has 8 nitrogen and oxygen atoms in total. The van der Waals surface area contributed by atoms with E-state index in [4.69, 9.17) is 0 Å². The van der Waals surface area contributed by atoms with Crippen LogP contribution < -0.4 is 10.6 Å². The van der Waals surface area contributed by atoms with Crippen molar-refractivity contribution in [2.75, 3.05) is 17.2 Å². The lowest BCUT2D eigenvalue weighted by molar-refractivity contribution is -0.384. The smallest absolute Gasteiger partial charge is 0.311 e. The van der Waals surface area contributed by atoms with Crippen molar-refractivity contribution in [2.45, 2.75) is 13.8 Å². The molecule has 0 spiro atoms. The fourth-order valence-electron chi connectivity index (χ4n) is 1.82. The Hall–Kier alpha value is -2.64. The molecule has 0 radical (unpaired) electrons. The Morgan fingerprint density at radius 3 is 2.75 bits per heavy atom. The van der Waals surface area contributed by atoms with Gasteiger partial charge >= 0.3 is 5.69 Å². The van der Waals surface area contributed by atoms with Crippen molar-refractivity contribution >= 4 is 23.0 Å². The minimum Gasteiger partial charge on any atom is -0.370 e. The third-order valence-electron chi connectivity index (χ3n) is 2.70. The van der Waals surface area contributed by atoms with Crippen molar-refractivity contribution in [3.63, 3.8) is 0 Å². The summed E-state index contributed by atoms with van der Waals surface area (Å²) in [5.41, 5.74) is 1.36. The van der Waals surface area contributed by atoms with Gasteiger partial charge in [-0.1, -0.05) is 0 Å². The van der Waals surface area contributed by atoms with Gasteiger partial charge in [-0.3, -0.25) is 14.8 Å². The van der Waals surface area contributed by atoms with Crippen molar-refractivity contribution in [2.24, 2.45) is 7.05 Å². The van der Waals surface area contributed by atoms with E-state index in [1.807, 2.05) is 13.8 Å². The molecule has 0 bridgehead atoms. The van der Waals surface area contributed by atoms with Gasteiger partial charge in [0.2, 0.25) is 5.82 Å². The zero-order chi connectivity index (χ0) is 14.7. The van der Waals surface area contributed by atoms with Crippen molar-refractivity contribution < 1.29 is 4.92 Å². The minimum atomic E-state index is -0.462. The monoisotopic (exact) mass is 276 g/mol. The van der Waals surface area contributed by atoms with Crippen LogP contribution in [0.4, 0.5) is 23.0 Å². The first kappa shape index (κ1) is 13.8. The Morgan fingerprint density at radius 2 is 2.20 bits per heavy atom. The fourth-order valence-corrected chi connectivity index (χ4v) is 1.82. The topological polar surface area (TPSA) is 97.9 Å². The molecule has 20 heavy (non-hydrogen) atoms. The number of aryl methyl sites for hydroxylation is 2. The SMILES string of the molecule is CCNc1ccc([N+](=O)[O-])c(Nc2cn(C)nc2C)n1. The first-order chi connectivity index (χ1) is 9.51. The number of nitrogens with zero attached hydrogens (tertiary/aromatic N) is 4. The highest BCUT2D eigenvalue weighted by atomic mass is 16.6. The maximum atomic E-state index is 11.1. The fraction of sp³-hybridized carbons (Fsp3) is 0.333. The zero-order valence-electron chi connectivity index (χ0n) is 11.5. The van der Waals surface area contributed by atoms with Crippen LogP contribution in [0, 0.1) is 17.0 Å². The van der Waals surface area contributed by atoms with E-state index in [1.165, 1.54) is 6.07 Å².